The van der Waals surface area contributed by atoms with E-state index in [-0.39, 0.29) is 36.3 Å². The molecule has 0 aliphatic carbocycles. The number of amides is 1. The van der Waals surface area contributed by atoms with Crippen molar-refractivity contribution in [2.75, 3.05) is 0 Å². The van der Waals surface area contributed by atoms with Crippen LogP contribution in [-0.4, -0.2) is 21.7 Å². The van der Waals surface area contributed by atoms with Crippen molar-refractivity contribution >= 4 is 70.2 Å². The van der Waals surface area contributed by atoms with Crippen LogP contribution in [0.1, 0.15) is 41.5 Å². The number of benzene rings is 2. The van der Waals surface area contributed by atoms with Crippen molar-refractivity contribution in [3.05, 3.63) is 69.3 Å². The lowest BCUT2D eigenvalue weighted by atomic mass is 10.1. The minimum Gasteiger partial charge on any atom is -0.276 e. The van der Waals surface area contributed by atoms with Crippen LogP contribution in [0.4, 0.5) is 0 Å². The van der Waals surface area contributed by atoms with E-state index in [1.807, 2.05) is 39.0 Å². The van der Waals surface area contributed by atoms with E-state index < -0.39 is 5.24 Å². The number of hydrogen-bond donors (Lipinski definition) is 1. The average molecular weight is 532 g/mol. The second-order valence-electron chi connectivity index (χ2n) is 5.99. The predicted octanol–water partition coefficient (Wildman–Crippen LogP) is 5.31. The topological polar surface area (TPSA) is 63.4 Å². The van der Waals surface area contributed by atoms with Crippen molar-refractivity contribution in [3.63, 3.8) is 0 Å². The lowest BCUT2D eigenvalue weighted by Gasteiger charge is -2.31. The van der Waals surface area contributed by atoms with E-state index in [1.54, 1.807) is 36.4 Å². The summed E-state index contributed by atoms with van der Waals surface area (Å²) in [6.07, 6.45) is 0. The summed E-state index contributed by atoms with van der Waals surface area (Å²) in [6, 6.07) is 16.1. The Morgan fingerprint density at radius 2 is 1.38 bits per heavy atom. The monoisotopic (exact) mass is 530 g/mol. The van der Waals surface area contributed by atoms with Crippen LogP contribution < -0.4 is 5.84 Å². The molecule has 0 aliphatic heterocycles. The van der Waals surface area contributed by atoms with E-state index in [0.29, 0.717) is 11.1 Å². The maximum absolute atomic E-state index is 11.9. The van der Waals surface area contributed by atoms with Gasteiger partial charge in [-0.2, -0.15) is 0 Å². The van der Waals surface area contributed by atoms with Crippen LogP contribution in [0.2, 0.25) is 0 Å². The quantitative estimate of drug-likeness (QED) is 0.188. The molecule has 0 heterocycles. The first-order valence-corrected chi connectivity index (χ1v) is 8.68. The van der Waals surface area contributed by atoms with Crippen molar-refractivity contribution < 1.29 is 9.59 Å². The van der Waals surface area contributed by atoms with Crippen LogP contribution in [-0.2, 0) is 0 Å². The SMILES string of the molecule is CC(C)(C)N(N)C(=O)c1ccc(I)cc1.Cl.Cl.O=C(Cl)c1ccccc1. The molecule has 2 N–H and O–H groups in total. The van der Waals surface area contributed by atoms with E-state index in [9.17, 15) is 9.59 Å². The van der Waals surface area contributed by atoms with Crippen molar-refractivity contribution in [2.24, 2.45) is 5.84 Å². The second kappa shape index (κ2) is 12.5. The lowest BCUT2D eigenvalue weighted by molar-refractivity contribution is 0.0581. The molecule has 2 aromatic carbocycles. The molecule has 0 saturated carbocycles. The summed E-state index contributed by atoms with van der Waals surface area (Å²) in [5.41, 5.74) is 0.798. The molecule has 0 atom stereocenters. The number of nitrogens with two attached hydrogens (primary N) is 1. The molecule has 1 amide bonds. The molecule has 0 bridgehead atoms. The summed E-state index contributed by atoms with van der Waals surface area (Å²) >= 11 is 7.36. The number of hydrazine groups is 1. The maximum Gasteiger partial charge on any atom is 0.268 e. The molecule has 0 radical (unpaired) electrons. The molecule has 2 rings (SSSR count). The van der Waals surface area contributed by atoms with Gasteiger partial charge in [0.15, 0.2) is 0 Å². The largest absolute Gasteiger partial charge is 0.276 e. The van der Waals surface area contributed by atoms with Crippen LogP contribution in [0.5, 0.6) is 0 Å². The first-order valence-electron chi connectivity index (χ1n) is 7.22. The number of carbonyl (C=O) groups excluding carboxylic acids is 2. The summed E-state index contributed by atoms with van der Waals surface area (Å²) in [5.74, 6) is 5.59. The Kier molecular flexibility index (Phi) is 13.2. The molecule has 26 heavy (non-hydrogen) atoms. The summed E-state index contributed by atoms with van der Waals surface area (Å²) in [5, 5.41) is 0.852. The highest BCUT2D eigenvalue weighted by molar-refractivity contribution is 14.1. The van der Waals surface area contributed by atoms with Crippen molar-refractivity contribution in [2.45, 2.75) is 26.3 Å². The fourth-order valence-corrected chi connectivity index (χ4v) is 2.09. The molecular weight excluding hydrogens is 509 g/mol. The van der Waals surface area contributed by atoms with Gasteiger partial charge in [0.25, 0.3) is 11.1 Å². The molecule has 144 valence electrons. The Hall–Kier alpha value is -0.860. The van der Waals surface area contributed by atoms with Crippen LogP contribution >= 0.6 is 59.0 Å². The second-order valence-corrected chi connectivity index (χ2v) is 7.58. The minimum absolute atomic E-state index is 0. The van der Waals surface area contributed by atoms with Gasteiger partial charge in [-0.3, -0.25) is 14.6 Å². The molecule has 0 fully saturated rings. The van der Waals surface area contributed by atoms with Gasteiger partial charge in [0.1, 0.15) is 0 Å². The number of halogens is 4. The highest BCUT2D eigenvalue weighted by Gasteiger charge is 2.24. The van der Waals surface area contributed by atoms with E-state index in [0.717, 1.165) is 3.57 Å². The van der Waals surface area contributed by atoms with Crippen LogP contribution in [0, 0.1) is 3.57 Å². The molecule has 0 aliphatic rings. The first kappa shape index (κ1) is 27.4. The highest BCUT2D eigenvalue weighted by atomic mass is 127. The van der Waals surface area contributed by atoms with Gasteiger partial charge in [0.2, 0.25) is 0 Å². The van der Waals surface area contributed by atoms with Gasteiger partial charge < -0.3 is 0 Å². The third kappa shape index (κ3) is 9.19. The third-order valence-corrected chi connectivity index (χ3v) is 3.97. The van der Waals surface area contributed by atoms with E-state index in [2.05, 4.69) is 22.6 Å². The molecule has 0 aromatic heterocycles. The molecule has 0 spiro atoms. The zero-order valence-electron chi connectivity index (χ0n) is 14.6. The predicted molar refractivity (Wildman–Crippen MR) is 120 cm³/mol. The third-order valence-electron chi connectivity index (χ3n) is 3.03. The zero-order chi connectivity index (χ0) is 18.3. The van der Waals surface area contributed by atoms with Crippen molar-refractivity contribution in [3.8, 4) is 0 Å². The van der Waals surface area contributed by atoms with Gasteiger partial charge in [-0.1, -0.05) is 30.3 Å². The fourth-order valence-electron chi connectivity index (χ4n) is 1.61. The first-order chi connectivity index (χ1) is 11.1. The number of rotatable bonds is 2. The van der Waals surface area contributed by atoms with Gasteiger partial charge in [-0.15, -0.1) is 24.8 Å². The maximum atomic E-state index is 11.9. The van der Waals surface area contributed by atoms with Crippen molar-refractivity contribution in [1.29, 1.82) is 0 Å². The summed E-state index contributed by atoms with van der Waals surface area (Å²) in [7, 11) is 0. The lowest BCUT2D eigenvalue weighted by Crippen LogP contribution is -2.50. The Labute approximate surface area is 185 Å². The van der Waals surface area contributed by atoms with Gasteiger partial charge in [-0.25, -0.2) is 5.84 Å². The Bertz CT molecular complexity index is 690. The van der Waals surface area contributed by atoms with Crippen LogP contribution in [0.3, 0.4) is 0 Å². The van der Waals surface area contributed by atoms with Crippen LogP contribution in [0.25, 0.3) is 0 Å². The van der Waals surface area contributed by atoms with Crippen molar-refractivity contribution in [1.82, 2.24) is 5.01 Å². The number of nitrogens with zero attached hydrogens (tertiary/aromatic N) is 1. The fraction of sp³-hybridized carbons (Fsp3) is 0.222. The molecule has 4 nitrogen and oxygen atoms in total. The zero-order valence-corrected chi connectivity index (χ0v) is 19.2. The minimum atomic E-state index is -0.407. The summed E-state index contributed by atoms with van der Waals surface area (Å²) in [4.78, 5) is 22.3. The van der Waals surface area contributed by atoms with E-state index >= 15 is 0 Å². The standard InChI is InChI=1S/C11H15IN2O.C7H5ClO.2ClH/c1-11(2,3)14(13)10(15)8-4-6-9(12)7-5-8;8-7(9)6-4-2-1-3-5-6;;/h4-7H,13H2,1-3H3;1-5H;2*1H. The normalized spacial score (nSPS) is 9.62. The number of carbonyl (C=O) groups is 2. The molecule has 0 saturated heterocycles. The number of hydrogen-bond acceptors (Lipinski definition) is 3. The smallest absolute Gasteiger partial charge is 0.268 e. The molecule has 8 heteroatoms. The highest BCUT2D eigenvalue weighted by Crippen LogP contribution is 2.14. The van der Waals surface area contributed by atoms with Gasteiger partial charge in [0, 0.05) is 14.7 Å². The average Bonchev–Trinajstić information content (AvgIpc) is 2.54. The van der Waals surface area contributed by atoms with Gasteiger partial charge >= 0.3 is 0 Å². The Morgan fingerprint density at radius 3 is 1.73 bits per heavy atom. The van der Waals surface area contributed by atoms with Gasteiger partial charge in [0.05, 0.1) is 5.54 Å². The summed E-state index contributed by atoms with van der Waals surface area (Å²) in [6.45, 7) is 5.70. The van der Waals surface area contributed by atoms with Crippen LogP contribution in [0.15, 0.2) is 54.6 Å². The van der Waals surface area contributed by atoms with Gasteiger partial charge in [-0.05, 0) is 79.2 Å². The van der Waals surface area contributed by atoms with E-state index in [1.165, 1.54) is 5.01 Å². The molecule has 0 unspecified atom stereocenters. The van der Waals surface area contributed by atoms with E-state index in [4.69, 9.17) is 17.4 Å². The Balaban J connectivity index is 0. The Morgan fingerprint density at radius 1 is 0.923 bits per heavy atom. The summed E-state index contributed by atoms with van der Waals surface area (Å²) < 4.78 is 1.10. The molecule has 2 aromatic rings. The molecular formula is C18H22Cl3IN2O2.